The molecule has 3 heteroatoms. The minimum absolute atomic E-state index is 0.0385. The molecule has 0 aromatic heterocycles. The summed E-state index contributed by atoms with van der Waals surface area (Å²) in [6.07, 6.45) is 5.37. The fourth-order valence-electron chi connectivity index (χ4n) is 1.98. The molecule has 0 radical (unpaired) electrons. The number of terminal acetylenes is 1. The van der Waals surface area contributed by atoms with Crippen LogP contribution in [0.4, 0.5) is 10.1 Å². The molecule has 2 aromatic carbocycles. The quantitative estimate of drug-likeness (QED) is 0.847. The van der Waals surface area contributed by atoms with E-state index in [-0.39, 0.29) is 17.6 Å². The van der Waals surface area contributed by atoms with Crippen LogP contribution in [0.5, 0.6) is 5.75 Å². The van der Waals surface area contributed by atoms with Crippen LogP contribution >= 0.6 is 0 Å². The van der Waals surface area contributed by atoms with Crippen molar-refractivity contribution in [2.75, 3.05) is 12.4 Å². The lowest BCUT2D eigenvalue weighted by atomic mass is 10.1. The monoisotopic (exact) mass is 269 g/mol. The van der Waals surface area contributed by atoms with Crippen LogP contribution in [-0.4, -0.2) is 7.11 Å². The minimum Gasteiger partial charge on any atom is -0.494 e. The van der Waals surface area contributed by atoms with Gasteiger partial charge in [-0.15, -0.1) is 6.42 Å². The van der Waals surface area contributed by atoms with Crippen molar-refractivity contribution in [3.8, 4) is 18.1 Å². The predicted octanol–water partition coefficient (Wildman–Crippen LogP) is 3.99. The lowest BCUT2D eigenvalue weighted by molar-refractivity contribution is 0.386. The van der Waals surface area contributed by atoms with Gasteiger partial charge in [0.15, 0.2) is 11.6 Å². The molecule has 0 aliphatic heterocycles. The van der Waals surface area contributed by atoms with Gasteiger partial charge in [0.1, 0.15) is 0 Å². The van der Waals surface area contributed by atoms with Crippen LogP contribution in [0.2, 0.25) is 0 Å². The van der Waals surface area contributed by atoms with Gasteiger partial charge >= 0.3 is 0 Å². The molecule has 1 N–H and O–H groups in total. The van der Waals surface area contributed by atoms with Gasteiger partial charge in [-0.2, -0.15) is 0 Å². The SMILES string of the molecule is C#Cc1cccc(NC(C)c2ccc(OC)c(F)c2)c1. The number of hydrogen-bond donors (Lipinski definition) is 1. The van der Waals surface area contributed by atoms with Crippen molar-refractivity contribution in [1.82, 2.24) is 0 Å². The number of nitrogens with one attached hydrogen (secondary N) is 1. The molecule has 0 aliphatic rings. The summed E-state index contributed by atoms with van der Waals surface area (Å²) < 4.78 is 18.6. The molecule has 102 valence electrons. The molecule has 0 spiro atoms. The molecule has 0 saturated carbocycles. The first-order chi connectivity index (χ1) is 9.63. The van der Waals surface area contributed by atoms with E-state index in [1.165, 1.54) is 13.2 Å². The third kappa shape index (κ3) is 3.10. The Kier molecular flexibility index (Phi) is 4.27. The number of anilines is 1. The van der Waals surface area contributed by atoms with Gasteiger partial charge in [0, 0.05) is 17.3 Å². The lowest BCUT2D eigenvalue weighted by Gasteiger charge is -2.16. The number of halogens is 1. The van der Waals surface area contributed by atoms with Crippen molar-refractivity contribution in [1.29, 1.82) is 0 Å². The molecule has 0 bridgehead atoms. The Hall–Kier alpha value is -2.47. The normalized spacial score (nSPS) is 11.5. The summed E-state index contributed by atoms with van der Waals surface area (Å²) in [5.74, 6) is 2.47. The second kappa shape index (κ2) is 6.12. The number of benzene rings is 2. The fourth-order valence-corrected chi connectivity index (χ4v) is 1.98. The summed E-state index contributed by atoms with van der Waals surface area (Å²) in [7, 11) is 1.45. The van der Waals surface area contributed by atoms with Crippen LogP contribution in [0, 0.1) is 18.2 Å². The van der Waals surface area contributed by atoms with Crippen molar-refractivity contribution in [3.05, 3.63) is 59.4 Å². The molecule has 0 amide bonds. The Morgan fingerprint density at radius 2 is 2.05 bits per heavy atom. The zero-order chi connectivity index (χ0) is 14.5. The Balaban J connectivity index is 2.17. The summed E-state index contributed by atoms with van der Waals surface area (Å²) in [6.45, 7) is 1.96. The highest BCUT2D eigenvalue weighted by molar-refractivity contribution is 5.51. The van der Waals surface area contributed by atoms with Gasteiger partial charge in [-0.1, -0.05) is 18.1 Å². The van der Waals surface area contributed by atoms with Crippen LogP contribution < -0.4 is 10.1 Å². The van der Waals surface area contributed by atoms with E-state index >= 15 is 0 Å². The molecule has 0 heterocycles. The Morgan fingerprint density at radius 1 is 1.25 bits per heavy atom. The van der Waals surface area contributed by atoms with E-state index in [4.69, 9.17) is 11.2 Å². The van der Waals surface area contributed by atoms with Gasteiger partial charge in [0.05, 0.1) is 7.11 Å². The van der Waals surface area contributed by atoms with Gasteiger partial charge in [0.25, 0.3) is 0 Å². The van der Waals surface area contributed by atoms with Crippen molar-refractivity contribution < 1.29 is 9.13 Å². The maximum absolute atomic E-state index is 13.7. The van der Waals surface area contributed by atoms with E-state index in [0.717, 1.165) is 16.8 Å². The minimum atomic E-state index is -0.365. The van der Waals surface area contributed by atoms with Crippen LogP contribution in [0.25, 0.3) is 0 Å². The highest BCUT2D eigenvalue weighted by Gasteiger charge is 2.09. The van der Waals surface area contributed by atoms with Crippen LogP contribution in [0.15, 0.2) is 42.5 Å². The number of methoxy groups -OCH3 is 1. The lowest BCUT2D eigenvalue weighted by Crippen LogP contribution is -2.07. The molecule has 0 saturated heterocycles. The van der Waals surface area contributed by atoms with Crippen LogP contribution in [0.1, 0.15) is 24.1 Å². The molecule has 2 nitrogen and oxygen atoms in total. The molecular formula is C17H16FNO. The fraction of sp³-hybridized carbons (Fsp3) is 0.176. The summed E-state index contributed by atoms with van der Waals surface area (Å²) in [5.41, 5.74) is 2.56. The predicted molar refractivity (Wildman–Crippen MR) is 79.4 cm³/mol. The number of rotatable bonds is 4. The summed E-state index contributed by atoms with van der Waals surface area (Å²) in [5, 5.41) is 3.29. The molecule has 1 unspecified atom stereocenters. The van der Waals surface area contributed by atoms with E-state index in [1.54, 1.807) is 6.07 Å². The highest BCUT2D eigenvalue weighted by atomic mass is 19.1. The van der Waals surface area contributed by atoms with Crippen LogP contribution in [-0.2, 0) is 0 Å². The third-order valence-corrected chi connectivity index (χ3v) is 3.09. The second-order valence-corrected chi connectivity index (χ2v) is 4.49. The maximum atomic E-state index is 13.7. The first-order valence-corrected chi connectivity index (χ1v) is 6.30. The molecule has 20 heavy (non-hydrogen) atoms. The Bertz CT molecular complexity index is 646. The summed E-state index contributed by atoms with van der Waals surface area (Å²) in [4.78, 5) is 0. The molecule has 0 aliphatic carbocycles. The van der Waals surface area contributed by atoms with Crippen molar-refractivity contribution >= 4 is 5.69 Å². The molecular weight excluding hydrogens is 253 g/mol. The topological polar surface area (TPSA) is 21.3 Å². The Morgan fingerprint density at radius 3 is 2.70 bits per heavy atom. The average Bonchev–Trinajstić information content (AvgIpc) is 2.47. The first kappa shape index (κ1) is 14.0. The molecule has 2 rings (SSSR count). The van der Waals surface area contributed by atoms with E-state index in [0.29, 0.717) is 0 Å². The number of hydrogen-bond acceptors (Lipinski definition) is 2. The van der Waals surface area contributed by atoms with Gasteiger partial charge in [-0.25, -0.2) is 4.39 Å². The zero-order valence-corrected chi connectivity index (χ0v) is 11.5. The standard InChI is InChI=1S/C17H16FNO/c1-4-13-6-5-7-15(10-13)19-12(2)14-8-9-17(20-3)16(18)11-14/h1,5-12,19H,2-3H3. The summed E-state index contributed by atoms with van der Waals surface area (Å²) in [6, 6.07) is 12.5. The van der Waals surface area contributed by atoms with Gasteiger partial charge in [-0.3, -0.25) is 0 Å². The smallest absolute Gasteiger partial charge is 0.165 e. The Labute approximate surface area is 118 Å². The van der Waals surface area contributed by atoms with E-state index in [9.17, 15) is 4.39 Å². The zero-order valence-electron chi connectivity index (χ0n) is 11.5. The third-order valence-electron chi connectivity index (χ3n) is 3.09. The van der Waals surface area contributed by atoms with Gasteiger partial charge in [-0.05, 0) is 42.8 Å². The van der Waals surface area contributed by atoms with Crippen molar-refractivity contribution in [2.24, 2.45) is 0 Å². The van der Waals surface area contributed by atoms with E-state index < -0.39 is 0 Å². The molecule has 2 aromatic rings. The largest absolute Gasteiger partial charge is 0.494 e. The second-order valence-electron chi connectivity index (χ2n) is 4.49. The summed E-state index contributed by atoms with van der Waals surface area (Å²) >= 11 is 0. The van der Waals surface area contributed by atoms with E-state index in [1.807, 2.05) is 37.3 Å². The first-order valence-electron chi connectivity index (χ1n) is 6.30. The molecule has 0 fully saturated rings. The van der Waals surface area contributed by atoms with Crippen molar-refractivity contribution in [3.63, 3.8) is 0 Å². The van der Waals surface area contributed by atoms with Gasteiger partial charge < -0.3 is 10.1 Å². The van der Waals surface area contributed by atoms with Gasteiger partial charge in [0.2, 0.25) is 0 Å². The number of ether oxygens (including phenoxy) is 1. The van der Waals surface area contributed by atoms with Crippen molar-refractivity contribution in [2.45, 2.75) is 13.0 Å². The van der Waals surface area contributed by atoms with Crippen LogP contribution in [0.3, 0.4) is 0 Å². The maximum Gasteiger partial charge on any atom is 0.165 e. The van der Waals surface area contributed by atoms with E-state index in [2.05, 4.69) is 11.2 Å². The highest BCUT2D eigenvalue weighted by Crippen LogP contribution is 2.24. The average molecular weight is 269 g/mol. The molecule has 1 atom stereocenters.